The molecular weight excluding hydrogens is 342 g/mol. The number of carbonyl (C=O) groups is 1. The van der Waals surface area contributed by atoms with E-state index in [0.717, 1.165) is 58.4 Å². The third-order valence-corrected chi connectivity index (χ3v) is 6.36. The molecule has 0 unspecified atom stereocenters. The van der Waals surface area contributed by atoms with E-state index in [9.17, 15) is 4.79 Å². The van der Waals surface area contributed by atoms with Gasteiger partial charge in [-0.2, -0.15) is 0 Å². The predicted octanol–water partition coefficient (Wildman–Crippen LogP) is 4.04. The van der Waals surface area contributed by atoms with Crippen molar-refractivity contribution in [3.63, 3.8) is 0 Å². The Bertz CT molecular complexity index is 731. The number of nitrogens with zero attached hydrogens (tertiary/aromatic N) is 2. The zero-order valence-electron chi connectivity index (χ0n) is 15.2. The molecule has 2 heterocycles. The van der Waals surface area contributed by atoms with Crippen molar-refractivity contribution < 1.29 is 4.79 Å². The Morgan fingerprint density at radius 1 is 1.08 bits per heavy atom. The molecule has 138 valence electrons. The van der Waals surface area contributed by atoms with E-state index >= 15 is 0 Å². The van der Waals surface area contributed by atoms with Gasteiger partial charge < -0.3 is 10.2 Å². The minimum absolute atomic E-state index is 0.102. The zero-order valence-corrected chi connectivity index (χ0v) is 16.0. The lowest BCUT2D eigenvalue weighted by molar-refractivity contribution is 0.192. The highest BCUT2D eigenvalue weighted by Crippen LogP contribution is 2.29. The first-order valence-corrected chi connectivity index (χ1v) is 10.6. The van der Waals surface area contributed by atoms with Gasteiger partial charge in [-0.1, -0.05) is 30.3 Å². The Balaban J connectivity index is 1.34. The van der Waals surface area contributed by atoms with E-state index in [0.29, 0.717) is 0 Å². The van der Waals surface area contributed by atoms with Gasteiger partial charge in [0.25, 0.3) is 0 Å². The second kappa shape index (κ2) is 8.23. The maximum absolute atomic E-state index is 12.9. The second-order valence-electron chi connectivity index (χ2n) is 7.29. The molecule has 1 atom stereocenters. The number of hydrogen-bond donors (Lipinski definition) is 1. The summed E-state index contributed by atoms with van der Waals surface area (Å²) in [5, 5.41) is 5.44. The summed E-state index contributed by atoms with van der Waals surface area (Å²) in [5.41, 5.74) is 2.70. The molecule has 2 aliphatic rings. The molecule has 1 aromatic carbocycles. The minimum Gasteiger partial charge on any atom is -0.331 e. The van der Waals surface area contributed by atoms with Gasteiger partial charge in [0.1, 0.15) is 0 Å². The van der Waals surface area contributed by atoms with Crippen molar-refractivity contribution in [2.75, 3.05) is 26.2 Å². The van der Waals surface area contributed by atoms with Crippen molar-refractivity contribution in [1.29, 1.82) is 0 Å². The van der Waals surface area contributed by atoms with E-state index in [1.54, 1.807) is 0 Å². The first-order valence-electron chi connectivity index (χ1n) is 9.67. The van der Waals surface area contributed by atoms with Gasteiger partial charge in [0.15, 0.2) is 0 Å². The Kier molecular flexibility index (Phi) is 5.56. The smallest absolute Gasteiger partial charge is 0.317 e. The van der Waals surface area contributed by atoms with E-state index in [-0.39, 0.29) is 12.1 Å². The summed E-state index contributed by atoms with van der Waals surface area (Å²) in [6, 6.07) is 13.1. The minimum atomic E-state index is 0.102. The Morgan fingerprint density at radius 2 is 2.00 bits per heavy atom. The number of fused-ring (bicyclic) bond motifs is 1. The molecule has 2 amide bonds. The molecule has 1 aliphatic carbocycles. The van der Waals surface area contributed by atoms with Gasteiger partial charge in [-0.25, -0.2) is 4.79 Å². The summed E-state index contributed by atoms with van der Waals surface area (Å²) >= 11 is 1.81. The van der Waals surface area contributed by atoms with Crippen molar-refractivity contribution in [3.05, 3.63) is 57.8 Å². The molecule has 1 N–H and O–H groups in total. The highest BCUT2D eigenvalue weighted by atomic mass is 32.1. The van der Waals surface area contributed by atoms with Gasteiger partial charge in [0.05, 0.1) is 6.04 Å². The van der Waals surface area contributed by atoms with Crippen LogP contribution in [-0.4, -0.2) is 42.0 Å². The van der Waals surface area contributed by atoms with Crippen molar-refractivity contribution in [3.8, 4) is 0 Å². The van der Waals surface area contributed by atoms with E-state index in [1.165, 1.54) is 16.0 Å². The fraction of sp³-hybridized carbons (Fsp3) is 0.476. The van der Waals surface area contributed by atoms with Gasteiger partial charge in [-0.15, -0.1) is 11.3 Å². The molecule has 0 bridgehead atoms. The standard InChI is InChI=1S/C21H27N3OS/c25-21(22-20-10-3-7-17-6-1-2-9-19(17)20)24-12-5-11-23(13-14-24)16-18-8-4-15-26-18/h1-2,4,6,8-9,15,20H,3,5,7,10-14,16H2,(H,22,25)/t20-/m0/s1. The van der Waals surface area contributed by atoms with Crippen LogP contribution in [-0.2, 0) is 13.0 Å². The number of urea groups is 1. The summed E-state index contributed by atoms with van der Waals surface area (Å²) in [5.74, 6) is 0. The SMILES string of the molecule is O=C(N[C@H]1CCCc2ccccc21)N1CCCN(Cc2cccs2)CC1. The molecule has 1 aromatic heterocycles. The maximum Gasteiger partial charge on any atom is 0.317 e. The van der Waals surface area contributed by atoms with Crippen LogP contribution in [0.4, 0.5) is 4.79 Å². The molecule has 4 nitrogen and oxygen atoms in total. The van der Waals surface area contributed by atoms with Crippen molar-refractivity contribution in [1.82, 2.24) is 15.1 Å². The first kappa shape index (κ1) is 17.6. The van der Waals surface area contributed by atoms with Gasteiger partial charge in [0.2, 0.25) is 0 Å². The van der Waals surface area contributed by atoms with Crippen LogP contribution in [0, 0.1) is 0 Å². The van der Waals surface area contributed by atoms with Crippen LogP contribution in [0.25, 0.3) is 0 Å². The van der Waals surface area contributed by atoms with Gasteiger partial charge in [-0.05, 0) is 48.3 Å². The van der Waals surface area contributed by atoms with Crippen LogP contribution in [0.15, 0.2) is 41.8 Å². The largest absolute Gasteiger partial charge is 0.331 e. The molecule has 0 radical (unpaired) electrons. The summed E-state index contributed by atoms with van der Waals surface area (Å²) in [6.07, 6.45) is 4.36. The number of amides is 2. The van der Waals surface area contributed by atoms with Crippen molar-refractivity contribution in [2.45, 2.75) is 38.3 Å². The monoisotopic (exact) mass is 369 g/mol. The number of nitrogens with one attached hydrogen (secondary N) is 1. The Labute approximate surface area is 159 Å². The fourth-order valence-electron chi connectivity index (χ4n) is 4.10. The summed E-state index contributed by atoms with van der Waals surface area (Å²) in [7, 11) is 0. The number of hydrogen-bond acceptors (Lipinski definition) is 3. The average molecular weight is 370 g/mol. The molecule has 4 rings (SSSR count). The number of thiophene rings is 1. The average Bonchev–Trinajstić information content (AvgIpc) is 3.06. The van der Waals surface area contributed by atoms with Crippen LogP contribution in [0.3, 0.4) is 0 Å². The first-order chi connectivity index (χ1) is 12.8. The molecular formula is C21H27N3OS. The number of aryl methyl sites for hydroxylation is 1. The molecule has 0 saturated carbocycles. The third kappa shape index (κ3) is 4.10. The molecule has 1 saturated heterocycles. The van der Waals surface area contributed by atoms with Crippen LogP contribution >= 0.6 is 11.3 Å². The quantitative estimate of drug-likeness (QED) is 0.886. The van der Waals surface area contributed by atoms with Crippen molar-refractivity contribution >= 4 is 17.4 Å². The lowest BCUT2D eigenvalue weighted by Gasteiger charge is -2.29. The van der Waals surface area contributed by atoms with Gasteiger partial charge in [0, 0.05) is 37.6 Å². The van der Waals surface area contributed by atoms with Crippen LogP contribution in [0.1, 0.15) is 41.3 Å². The summed E-state index contributed by atoms with van der Waals surface area (Å²) in [6.45, 7) is 4.68. The lowest BCUT2D eigenvalue weighted by atomic mass is 9.88. The topological polar surface area (TPSA) is 35.6 Å². The maximum atomic E-state index is 12.9. The lowest BCUT2D eigenvalue weighted by Crippen LogP contribution is -2.44. The molecule has 2 aromatic rings. The van der Waals surface area contributed by atoms with Crippen LogP contribution in [0.2, 0.25) is 0 Å². The van der Waals surface area contributed by atoms with Gasteiger partial charge in [-0.3, -0.25) is 4.90 Å². The Hall–Kier alpha value is -1.85. The van der Waals surface area contributed by atoms with Gasteiger partial charge >= 0.3 is 6.03 Å². The van der Waals surface area contributed by atoms with E-state index < -0.39 is 0 Å². The summed E-state index contributed by atoms with van der Waals surface area (Å²) in [4.78, 5) is 18.7. The molecule has 1 aliphatic heterocycles. The van der Waals surface area contributed by atoms with E-state index in [2.05, 4.69) is 52.0 Å². The highest BCUT2D eigenvalue weighted by Gasteiger charge is 2.25. The predicted molar refractivity (Wildman–Crippen MR) is 106 cm³/mol. The molecule has 26 heavy (non-hydrogen) atoms. The van der Waals surface area contributed by atoms with E-state index in [4.69, 9.17) is 0 Å². The van der Waals surface area contributed by atoms with Crippen molar-refractivity contribution in [2.24, 2.45) is 0 Å². The van der Waals surface area contributed by atoms with E-state index in [1.807, 2.05) is 16.2 Å². The zero-order chi connectivity index (χ0) is 17.8. The molecule has 5 heteroatoms. The Morgan fingerprint density at radius 3 is 2.88 bits per heavy atom. The number of rotatable bonds is 3. The molecule has 0 spiro atoms. The number of carbonyl (C=O) groups excluding carboxylic acids is 1. The third-order valence-electron chi connectivity index (χ3n) is 5.50. The number of benzene rings is 1. The fourth-order valence-corrected chi connectivity index (χ4v) is 4.85. The highest BCUT2D eigenvalue weighted by molar-refractivity contribution is 7.09. The molecule has 1 fully saturated rings. The normalized spacial score (nSPS) is 21.1. The van der Waals surface area contributed by atoms with Crippen LogP contribution < -0.4 is 5.32 Å². The second-order valence-corrected chi connectivity index (χ2v) is 8.32. The van der Waals surface area contributed by atoms with Crippen LogP contribution in [0.5, 0.6) is 0 Å². The summed E-state index contributed by atoms with van der Waals surface area (Å²) < 4.78 is 0.